The quantitative estimate of drug-likeness (QED) is 0.373. The Labute approximate surface area is 211 Å². The summed E-state index contributed by atoms with van der Waals surface area (Å²) in [4.78, 5) is 32.1. The fraction of sp³-hybridized carbons (Fsp3) is 0.375. The van der Waals surface area contributed by atoms with Gasteiger partial charge < -0.3 is 24.6 Å². The average molecular weight is 521 g/mol. The number of fused-ring (bicyclic) bond motifs is 1. The molecule has 2 heterocycles. The first kappa shape index (κ1) is 27.4. The molecule has 2 aromatic rings. The predicted octanol–water partition coefficient (Wildman–Crippen LogP) is 4.04. The average Bonchev–Trinajstić information content (AvgIpc) is 2.85. The van der Waals surface area contributed by atoms with Gasteiger partial charge in [-0.3, -0.25) is 15.6 Å². The zero-order valence-corrected chi connectivity index (χ0v) is 20.5. The van der Waals surface area contributed by atoms with Crippen LogP contribution in [0, 0.1) is 10.8 Å². The van der Waals surface area contributed by atoms with Crippen molar-refractivity contribution in [3.63, 3.8) is 0 Å². The summed E-state index contributed by atoms with van der Waals surface area (Å²) in [6.45, 7) is 2.10. The van der Waals surface area contributed by atoms with Crippen LogP contribution in [0.5, 0.6) is 5.75 Å². The Morgan fingerprint density at radius 1 is 1.27 bits per heavy atom. The van der Waals surface area contributed by atoms with E-state index in [1.165, 1.54) is 18.1 Å². The van der Waals surface area contributed by atoms with Gasteiger partial charge >= 0.3 is 12.3 Å². The van der Waals surface area contributed by atoms with E-state index in [-0.39, 0.29) is 47.8 Å². The van der Waals surface area contributed by atoms with Crippen LogP contribution in [0.4, 0.5) is 23.8 Å². The van der Waals surface area contributed by atoms with E-state index in [1.54, 1.807) is 24.3 Å². The fourth-order valence-corrected chi connectivity index (χ4v) is 3.75. The second-order valence-corrected chi connectivity index (χ2v) is 8.50. The number of rotatable bonds is 7. The third-order valence-corrected chi connectivity index (χ3v) is 5.58. The van der Waals surface area contributed by atoms with E-state index in [2.05, 4.69) is 15.0 Å². The minimum atomic E-state index is -4.63. The number of nitrogens with zero attached hydrogens (tertiary/aromatic N) is 3. The highest BCUT2D eigenvalue weighted by atomic mass is 19.4. The van der Waals surface area contributed by atoms with Crippen LogP contribution < -0.4 is 10.1 Å². The number of aromatic nitrogens is 1. The summed E-state index contributed by atoms with van der Waals surface area (Å²) in [5, 5.41) is 18.5. The Kier molecular flexibility index (Phi) is 8.35. The maximum absolute atomic E-state index is 13.1. The first-order chi connectivity index (χ1) is 17.4. The zero-order chi connectivity index (χ0) is 27.3. The van der Waals surface area contributed by atoms with Crippen LogP contribution in [0.3, 0.4) is 0 Å². The third kappa shape index (κ3) is 6.74. The van der Waals surface area contributed by atoms with E-state index in [1.807, 2.05) is 13.8 Å². The number of pyridine rings is 1. The van der Waals surface area contributed by atoms with Gasteiger partial charge in [-0.2, -0.15) is 13.2 Å². The van der Waals surface area contributed by atoms with E-state index in [0.717, 1.165) is 16.8 Å². The van der Waals surface area contributed by atoms with Gasteiger partial charge in [0.2, 0.25) is 0 Å². The lowest BCUT2D eigenvalue weighted by atomic mass is 9.96. The van der Waals surface area contributed by atoms with Crippen LogP contribution in [-0.4, -0.2) is 71.4 Å². The Bertz CT molecular complexity index is 1200. The van der Waals surface area contributed by atoms with Gasteiger partial charge in [-0.05, 0) is 55.7 Å². The van der Waals surface area contributed by atoms with Crippen molar-refractivity contribution in [3.8, 4) is 5.75 Å². The largest absolute Gasteiger partial charge is 0.496 e. The number of ether oxygens (including phenoxy) is 2. The molecule has 2 amide bonds. The molecule has 10 nitrogen and oxygen atoms in total. The molecule has 0 spiro atoms. The number of carbonyl (C=O) groups excluding carboxylic acids is 2. The molecule has 0 aliphatic carbocycles. The van der Waals surface area contributed by atoms with Crippen molar-refractivity contribution in [2.75, 3.05) is 25.6 Å². The summed E-state index contributed by atoms with van der Waals surface area (Å²) >= 11 is 0. The van der Waals surface area contributed by atoms with Crippen molar-refractivity contribution in [3.05, 3.63) is 52.7 Å². The molecule has 3 rings (SSSR count). The molecule has 0 saturated carbocycles. The number of methoxy groups -OCH3 is 1. The number of amidine groups is 1. The van der Waals surface area contributed by atoms with Gasteiger partial charge in [-0.25, -0.2) is 9.78 Å². The molecule has 1 aliphatic rings. The van der Waals surface area contributed by atoms with Crippen molar-refractivity contribution in [2.24, 2.45) is 0 Å². The predicted molar refractivity (Wildman–Crippen MR) is 129 cm³/mol. The molecular weight excluding hydrogens is 493 g/mol. The number of anilines is 1. The second kappa shape index (κ2) is 11.3. The van der Waals surface area contributed by atoms with Crippen molar-refractivity contribution >= 4 is 30.0 Å². The van der Waals surface area contributed by atoms with E-state index < -0.39 is 24.8 Å². The topological polar surface area (TPSA) is 132 Å². The molecule has 1 aromatic heterocycles. The van der Waals surface area contributed by atoms with Crippen molar-refractivity contribution in [2.45, 2.75) is 39.0 Å². The molecule has 0 saturated heterocycles. The molecule has 0 unspecified atom stereocenters. The van der Waals surface area contributed by atoms with Crippen LogP contribution in [-0.2, 0) is 17.7 Å². The van der Waals surface area contributed by atoms with Gasteiger partial charge in [0, 0.05) is 19.1 Å². The lowest BCUT2D eigenvalue weighted by molar-refractivity contribution is -0.162. The first-order valence-corrected chi connectivity index (χ1v) is 11.3. The summed E-state index contributed by atoms with van der Waals surface area (Å²) in [6, 6.07) is 7.78. The highest BCUT2D eigenvalue weighted by Crippen LogP contribution is 2.29. The summed E-state index contributed by atoms with van der Waals surface area (Å²) in [5.41, 5.74) is 1.75. The zero-order valence-electron chi connectivity index (χ0n) is 20.5. The molecule has 0 fully saturated rings. The van der Waals surface area contributed by atoms with Gasteiger partial charge in [0.1, 0.15) is 17.3 Å². The van der Waals surface area contributed by atoms with Crippen LogP contribution in [0.1, 0.15) is 41.0 Å². The number of hydrogen-bond donors (Lipinski definition) is 3. The molecule has 0 atom stereocenters. The smallest absolute Gasteiger partial charge is 0.422 e. The van der Waals surface area contributed by atoms with Gasteiger partial charge in [0.25, 0.3) is 5.91 Å². The van der Waals surface area contributed by atoms with Gasteiger partial charge in [-0.15, -0.1) is 0 Å². The Balaban J connectivity index is 1.80. The van der Waals surface area contributed by atoms with Crippen molar-refractivity contribution in [1.82, 2.24) is 14.8 Å². The van der Waals surface area contributed by atoms with Crippen molar-refractivity contribution in [1.29, 1.82) is 10.8 Å². The number of nitrogens with one attached hydrogen (secondary N) is 3. The molecule has 3 N–H and O–H groups in total. The van der Waals surface area contributed by atoms with E-state index in [4.69, 9.17) is 15.6 Å². The summed E-state index contributed by atoms with van der Waals surface area (Å²) < 4.78 is 46.9. The Hall–Kier alpha value is -4.16. The lowest BCUT2D eigenvalue weighted by Gasteiger charge is -2.29. The van der Waals surface area contributed by atoms with Crippen LogP contribution >= 0.6 is 0 Å². The summed E-state index contributed by atoms with van der Waals surface area (Å²) in [5.74, 6) is -0.133. The molecule has 1 aromatic carbocycles. The highest BCUT2D eigenvalue weighted by Gasteiger charge is 2.32. The molecule has 0 bridgehead atoms. The number of hydrogen-bond acceptors (Lipinski definition) is 7. The maximum atomic E-state index is 13.1. The summed E-state index contributed by atoms with van der Waals surface area (Å²) in [7, 11) is 1.40. The van der Waals surface area contributed by atoms with Gasteiger partial charge in [0.15, 0.2) is 12.4 Å². The first-order valence-electron chi connectivity index (χ1n) is 11.3. The SMILES string of the molecule is COc1cc2c(cc1C(=O)Nc1cccc(C(=N)N(C=N)C(C)C)n1)CN(C(=O)OCC(F)(F)F)CC2. The summed E-state index contributed by atoms with van der Waals surface area (Å²) in [6.07, 6.45) is -4.34. The standard InChI is InChI=1S/C24H27F3N6O4/c1-14(2)33(13-28)21(29)18-5-4-6-20(30-18)31-22(34)17-9-16-11-32(23(35)37-12-24(25,26)27)8-7-15(16)10-19(17)36-3/h4-6,9-10,13-14,28-29H,7-8,11-12H2,1-3H3,(H,30,31,34). The van der Waals surface area contributed by atoms with Crippen LogP contribution in [0.2, 0.25) is 0 Å². The lowest BCUT2D eigenvalue weighted by Crippen LogP contribution is -2.38. The van der Waals surface area contributed by atoms with Crippen LogP contribution in [0.25, 0.3) is 0 Å². The number of benzene rings is 1. The van der Waals surface area contributed by atoms with Gasteiger partial charge in [-0.1, -0.05) is 6.07 Å². The van der Waals surface area contributed by atoms with Gasteiger partial charge in [0.05, 0.1) is 19.0 Å². The van der Waals surface area contributed by atoms with Crippen molar-refractivity contribution < 1.29 is 32.2 Å². The normalized spacial score (nSPS) is 13.0. The third-order valence-electron chi connectivity index (χ3n) is 5.58. The molecule has 0 radical (unpaired) electrons. The molecule has 13 heteroatoms. The van der Waals surface area contributed by atoms with E-state index >= 15 is 0 Å². The second-order valence-electron chi connectivity index (χ2n) is 8.50. The highest BCUT2D eigenvalue weighted by molar-refractivity contribution is 6.06. The molecule has 37 heavy (non-hydrogen) atoms. The minimum Gasteiger partial charge on any atom is -0.496 e. The Morgan fingerprint density at radius 2 is 2.00 bits per heavy atom. The van der Waals surface area contributed by atoms with E-state index in [0.29, 0.717) is 12.0 Å². The van der Waals surface area contributed by atoms with Crippen LogP contribution in [0.15, 0.2) is 30.3 Å². The fourth-order valence-electron chi connectivity index (χ4n) is 3.75. The monoisotopic (exact) mass is 520 g/mol. The number of carbonyl (C=O) groups is 2. The number of halogens is 3. The minimum absolute atomic E-state index is 0.00930. The number of alkyl halides is 3. The molecule has 198 valence electrons. The maximum Gasteiger partial charge on any atom is 0.422 e. The molecular formula is C24H27F3N6O4. The molecule has 1 aliphatic heterocycles. The van der Waals surface area contributed by atoms with E-state index in [9.17, 15) is 22.8 Å². The Morgan fingerprint density at radius 3 is 2.62 bits per heavy atom. The number of amides is 2.